The molecule has 2 amide bonds. The molecular weight excluding hydrogens is 787 g/mol. The summed E-state index contributed by atoms with van der Waals surface area (Å²) in [5.74, 6) is 3.67. The molecule has 1 saturated heterocycles. The van der Waals surface area contributed by atoms with Crippen LogP contribution in [0, 0.1) is 12.3 Å². The number of oxazole rings is 1. The molecule has 5 aromatic heterocycles. The average molecular weight is 834 g/mol. The van der Waals surface area contributed by atoms with E-state index in [1.807, 2.05) is 12.1 Å². The summed E-state index contributed by atoms with van der Waals surface area (Å²) < 4.78 is 23.8. The topological polar surface area (TPSA) is 266 Å². The maximum Gasteiger partial charge on any atom is 0.292 e. The molecule has 6 heterocycles. The third-order valence-electron chi connectivity index (χ3n) is 9.66. The van der Waals surface area contributed by atoms with Crippen LogP contribution in [-0.2, 0) is 25.5 Å². The highest BCUT2D eigenvalue weighted by molar-refractivity contribution is 5.99. The molecule has 0 aliphatic carbocycles. The quantitative estimate of drug-likeness (QED) is 0.0590. The lowest BCUT2D eigenvalue weighted by atomic mass is 10.1. The van der Waals surface area contributed by atoms with E-state index in [4.69, 9.17) is 41.6 Å². The van der Waals surface area contributed by atoms with Crippen LogP contribution in [0.15, 0.2) is 53.7 Å². The maximum atomic E-state index is 12.5. The molecule has 0 bridgehead atoms. The van der Waals surface area contributed by atoms with Crippen LogP contribution >= 0.6 is 0 Å². The van der Waals surface area contributed by atoms with E-state index in [0.717, 1.165) is 18.4 Å². The Kier molecular flexibility index (Phi) is 14.4. The van der Waals surface area contributed by atoms with Crippen LogP contribution in [0.2, 0.25) is 0 Å². The Bertz CT molecular complexity index is 2430. The average Bonchev–Trinajstić information content (AvgIpc) is 3.86. The number of terminal acetylenes is 1. The predicted molar refractivity (Wildman–Crippen MR) is 225 cm³/mol. The van der Waals surface area contributed by atoms with Gasteiger partial charge in [-0.25, -0.2) is 34.6 Å². The molecule has 6 aromatic rings. The number of piperazine rings is 1. The van der Waals surface area contributed by atoms with Gasteiger partial charge in [0.1, 0.15) is 23.4 Å². The lowest BCUT2D eigenvalue weighted by molar-refractivity contribution is -0.122. The molecule has 21 nitrogen and oxygen atoms in total. The van der Waals surface area contributed by atoms with Crippen molar-refractivity contribution in [2.75, 3.05) is 100 Å². The Balaban J connectivity index is 0.684. The fourth-order valence-corrected chi connectivity index (χ4v) is 6.50. The molecule has 6 N–H and O–H groups in total. The van der Waals surface area contributed by atoms with E-state index in [1.165, 1.54) is 18.7 Å². The molecule has 0 atom stereocenters. The fourth-order valence-electron chi connectivity index (χ4n) is 6.50. The number of nitrogens with one attached hydrogen (secondary N) is 2. The van der Waals surface area contributed by atoms with Crippen molar-refractivity contribution in [2.24, 2.45) is 0 Å². The van der Waals surface area contributed by atoms with Gasteiger partial charge in [-0.3, -0.25) is 9.59 Å². The number of rotatable bonds is 21. The molecule has 21 heteroatoms. The number of unbranched alkanes of at least 4 members (excludes halogenated alkanes) is 1. The zero-order valence-corrected chi connectivity index (χ0v) is 33.5. The maximum absolute atomic E-state index is 12.5. The zero-order valence-electron chi connectivity index (χ0n) is 33.5. The number of ether oxygens (including phenoxy) is 3. The van der Waals surface area contributed by atoms with Crippen LogP contribution in [0.4, 0.5) is 23.7 Å². The third-order valence-corrected chi connectivity index (χ3v) is 9.66. The van der Waals surface area contributed by atoms with Crippen molar-refractivity contribution in [1.29, 1.82) is 0 Å². The predicted octanol–water partition coefficient (Wildman–Crippen LogP) is 1.45. The van der Waals surface area contributed by atoms with Crippen LogP contribution in [-0.4, -0.2) is 135 Å². The number of carbonyl (C=O) groups is 2. The molecule has 0 saturated carbocycles. The number of anilines is 4. The summed E-state index contributed by atoms with van der Waals surface area (Å²) in [6.07, 6.45) is 14.8. The Morgan fingerprint density at radius 3 is 2.18 bits per heavy atom. The van der Waals surface area contributed by atoms with Gasteiger partial charge in [-0.05, 0) is 31.0 Å². The molecule has 1 aliphatic heterocycles. The first-order valence-electron chi connectivity index (χ1n) is 19.9. The summed E-state index contributed by atoms with van der Waals surface area (Å²) in [4.78, 5) is 59.3. The Morgan fingerprint density at radius 1 is 0.803 bits per heavy atom. The highest BCUT2D eigenvalue weighted by atomic mass is 16.5. The van der Waals surface area contributed by atoms with Crippen molar-refractivity contribution in [3.63, 3.8) is 0 Å². The largest absolute Gasteiger partial charge is 0.424 e. The number of benzene rings is 1. The Hall–Kier alpha value is -7.02. The standard InChI is InChI=1S/C40H47N15O6/c1-2-27-22-45-39(46-23-27)53-11-13-54(14-12-53)40-47-24-29(25-48-40)37(57)44-9-16-59-18-20-60-19-17-58-15-7-32(56)43-8-3-4-10-55-36-33(35(41)49-26-50-36)34(52-55)28-5-6-31-30(21-28)51-38(42)61-31/h1,5-6,21-26H,3-4,7-20H2,(H2,42,51)(H,43,56)(H,44,57)(H2,41,49,50). The van der Waals surface area contributed by atoms with Crippen molar-refractivity contribution >= 4 is 57.7 Å². The van der Waals surface area contributed by atoms with Crippen molar-refractivity contribution < 1.29 is 28.2 Å². The van der Waals surface area contributed by atoms with Gasteiger partial charge in [0.2, 0.25) is 17.8 Å². The number of fused-ring (bicyclic) bond motifs is 2. The summed E-state index contributed by atoms with van der Waals surface area (Å²) in [5.41, 5.74) is 16.2. The minimum atomic E-state index is -0.281. The smallest absolute Gasteiger partial charge is 0.292 e. The number of carbonyl (C=O) groups excluding carboxylic acids is 2. The second-order valence-electron chi connectivity index (χ2n) is 13.8. The van der Waals surface area contributed by atoms with Crippen molar-refractivity contribution in [3.05, 3.63) is 60.4 Å². The van der Waals surface area contributed by atoms with Crippen LogP contribution in [0.25, 0.3) is 33.4 Å². The molecule has 0 radical (unpaired) electrons. The molecule has 0 unspecified atom stereocenters. The van der Waals surface area contributed by atoms with Gasteiger partial charge in [0.15, 0.2) is 11.2 Å². The van der Waals surface area contributed by atoms with Crippen LogP contribution in [0.3, 0.4) is 0 Å². The molecule has 1 fully saturated rings. The van der Waals surface area contributed by atoms with Gasteiger partial charge in [0.25, 0.3) is 11.9 Å². The number of aryl methyl sites for hydroxylation is 1. The van der Waals surface area contributed by atoms with Gasteiger partial charge in [-0.15, -0.1) is 6.42 Å². The minimum Gasteiger partial charge on any atom is -0.424 e. The zero-order chi connectivity index (χ0) is 42.4. The van der Waals surface area contributed by atoms with Crippen LogP contribution in [0.5, 0.6) is 0 Å². The first-order valence-corrected chi connectivity index (χ1v) is 19.9. The molecule has 61 heavy (non-hydrogen) atoms. The summed E-state index contributed by atoms with van der Waals surface area (Å²) in [5, 5.41) is 11.2. The fraction of sp³-hybridized carbons (Fsp3) is 0.400. The number of nitrogens with two attached hydrogens (primary N) is 2. The van der Waals surface area contributed by atoms with E-state index in [0.29, 0.717) is 136 Å². The lowest BCUT2D eigenvalue weighted by Crippen LogP contribution is -2.47. The summed E-state index contributed by atoms with van der Waals surface area (Å²) in [6, 6.07) is 5.58. The van der Waals surface area contributed by atoms with Gasteiger partial charge < -0.3 is 50.5 Å². The number of nitrogens with zero attached hydrogens (tertiary/aromatic N) is 11. The number of hydrogen-bond acceptors (Lipinski definition) is 18. The summed E-state index contributed by atoms with van der Waals surface area (Å²) in [7, 11) is 0. The normalized spacial score (nSPS) is 12.8. The minimum absolute atomic E-state index is 0.0899. The highest BCUT2D eigenvalue weighted by Crippen LogP contribution is 2.32. The van der Waals surface area contributed by atoms with Gasteiger partial charge in [0.05, 0.1) is 56.2 Å². The van der Waals surface area contributed by atoms with Gasteiger partial charge in [-0.2, -0.15) is 10.1 Å². The van der Waals surface area contributed by atoms with Crippen LogP contribution in [0.1, 0.15) is 35.2 Å². The molecular formula is C40H47N15O6. The monoisotopic (exact) mass is 833 g/mol. The molecule has 318 valence electrons. The van der Waals surface area contributed by atoms with Crippen LogP contribution < -0.4 is 31.9 Å². The molecule has 1 aliphatic rings. The van der Waals surface area contributed by atoms with E-state index in [-0.39, 0.29) is 30.9 Å². The summed E-state index contributed by atoms with van der Waals surface area (Å²) >= 11 is 0. The lowest BCUT2D eigenvalue weighted by Gasteiger charge is -2.34. The van der Waals surface area contributed by atoms with E-state index in [9.17, 15) is 9.59 Å². The first-order chi connectivity index (χ1) is 29.9. The number of nitrogen functional groups attached to an aromatic ring is 2. The van der Waals surface area contributed by atoms with Gasteiger partial charge in [0, 0.05) is 82.6 Å². The van der Waals surface area contributed by atoms with E-state index < -0.39 is 0 Å². The van der Waals surface area contributed by atoms with Crippen molar-refractivity contribution in [1.82, 2.24) is 55.3 Å². The summed E-state index contributed by atoms with van der Waals surface area (Å²) in [6.45, 7) is 6.26. The Morgan fingerprint density at radius 2 is 1.48 bits per heavy atom. The van der Waals surface area contributed by atoms with E-state index in [2.05, 4.69) is 61.2 Å². The molecule has 0 spiro atoms. The third kappa shape index (κ3) is 11.2. The molecule has 1 aromatic carbocycles. The SMILES string of the molecule is C#Cc1cnc(N2CCN(c3ncc(C(=O)NCCOCCOCCOCCC(=O)NCCCCn4nc(-c5ccc6oc(N)nc6c5)c5c(N)ncnc54)cn3)CC2)nc1. The van der Waals surface area contributed by atoms with E-state index in [1.54, 1.807) is 23.1 Å². The Labute approximate surface area is 350 Å². The number of aromatic nitrogens is 9. The van der Waals surface area contributed by atoms with Gasteiger partial charge in [-0.1, -0.05) is 5.92 Å². The number of hydrogen-bond donors (Lipinski definition) is 4. The second-order valence-corrected chi connectivity index (χ2v) is 13.8. The second kappa shape index (κ2) is 20.8. The van der Waals surface area contributed by atoms with Crippen molar-refractivity contribution in [3.8, 4) is 23.6 Å². The van der Waals surface area contributed by atoms with E-state index >= 15 is 0 Å². The van der Waals surface area contributed by atoms with Crippen molar-refractivity contribution in [2.45, 2.75) is 25.8 Å². The first kappa shape index (κ1) is 42.1. The molecule has 7 rings (SSSR count). The highest BCUT2D eigenvalue weighted by Gasteiger charge is 2.22. The van der Waals surface area contributed by atoms with Gasteiger partial charge >= 0.3 is 0 Å². The number of amides is 2.